The average molecular weight is 402 g/mol. The van der Waals surface area contributed by atoms with Crippen molar-refractivity contribution in [2.24, 2.45) is 5.92 Å². The van der Waals surface area contributed by atoms with Gasteiger partial charge in [-0.3, -0.25) is 4.79 Å². The predicted octanol–water partition coefficient (Wildman–Crippen LogP) is 2.44. The molecule has 1 aliphatic rings. The number of carbonyl (C=O) groups excluding carboxylic acids is 1. The van der Waals surface area contributed by atoms with Crippen molar-refractivity contribution in [1.29, 1.82) is 0 Å². The molecule has 0 spiro atoms. The second-order valence-electron chi connectivity index (χ2n) is 7.11. The number of benzene rings is 1. The van der Waals surface area contributed by atoms with Gasteiger partial charge in [0.2, 0.25) is 10.0 Å². The minimum Gasteiger partial charge on any atom is -0.352 e. The number of nitrogens with one attached hydrogen (secondary N) is 1. The van der Waals surface area contributed by atoms with Crippen LogP contribution in [-0.4, -0.2) is 63.8 Å². The monoisotopic (exact) mass is 401 g/mol. The third kappa shape index (κ3) is 5.42. The standard InChI is InChI=1S/C18H28ClN3O3S/c1-14(13-22-9-5-4-6-10-22)12-20-18(23)15-7-8-16(19)17(11-15)26(24,25)21(2)3/h7-8,11,14H,4-6,9-10,12-13H2,1-3H3,(H,20,23)/t14-/m0/s1. The molecule has 0 saturated carbocycles. The van der Waals surface area contributed by atoms with Gasteiger partial charge in [-0.05, 0) is 50.0 Å². The van der Waals surface area contributed by atoms with Gasteiger partial charge in [0, 0.05) is 32.7 Å². The van der Waals surface area contributed by atoms with Crippen molar-refractivity contribution in [2.75, 3.05) is 40.3 Å². The predicted molar refractivity (Wildman–Crippen MR) is 104 cm³/mol. The molecular formula is C18H28ClN3O3S. The molecule has 1 N–H and O–H groups in total. The van der Waals surface area contributed by atoms with Crippen LogP contribution < -0.4 is 5.32 Å². The molecule has 1 amide bonds. The Kier molecular flexibility index (Phi) is 7.46. The molecule has 8 heteroatoms. The first-order valence-corrected chi connectivity index (χ1v) is 10.8. The number of piperidine rings is 1. The number of amides is 1. The number of nitrogens with zero attached hydrogens (tertiary/aromatic N) is 2. The second-order valence-corrected chi connectivity index (χ2v) is 9.64. The Morgan fingerprint density at radius 1 is 1.27 bits per heavy atom. The van der Waals surface area contributed by atoms with E-state index >= 15 is 0 Å². The topological polar surface area (TPSA) is 69.7 Å². The van der Waals surface area contributed by atoms with Crippen LogP contribution in [0.4, 0.5) is 0 Å². The van der Waals surface area contributed by atoms with Crippen molar-refractivity contribution in [1.82, 2.24) is 14.5 Å². The molecule has 1 atom stereocenters. The number of carbonyl (C=O) groups is 1. The molecule has 1 aromatic rings. The Labute approximate surface area is 161 Å². The Morgan fingerprint density at radius 2 is 1.92 bits per heavy atom. The van der Waals surface area contributed by atoms with Crippen molar-refractivity contribution in [3.05, 3.63) is 28.8 Å². The number of likely N-dealkylation sites (tertiary alicyclic amines) is 1. The zero-order valence-corrected chi connectivity index (χ0v) is 17.2. The van der Waals surface area contributed by atoms with Gasteiger partial charge in [-0.25, -0.2) is 12.7 Å². The second kappa shape index (κ2) is 9.17. The van der Waals surface area contributed by atoms with E-state index in [0.717, 1.165) is 23.9 Å². The van der Waals surface area contributed by atoms with Gasteiger partial charge >= 0.3 is 0 Å². The fourth-order valence-corrected chi connectivity index (χ4v) is 4.45. The maximum atomic E-state index is 12.4. The lowest BCUT2D eigenvalue weighted by Crippen LogP contribution is -2.38. The zero-order chi connectivity index (χ0) is 19.3. The van der Waals surface area contributed by atoms with Crippen LogP contribution in [0.25, 0.3) is 0 Å². The Morgan fingerprint density at radius 3 is 2.54 bits per heavy atom. The summed E-state index contributed by atoms with van der Waals surface area (Å²) in [5.74, 6) is 0.0386. The minimum absolute atomic E-state index is 0.0572. The molecule has 1 aromatic carbocycles. The Hall–Kier alpha value is -1.15. The molecule has 26 heavy (non-hydrogen) atoms. The molecule has 0 aromatic heterocycles. The van der Waals surface area contributed by atoms with Crippen LogP contribution in [-0.2, 0) is 10.0 Å². The van der Waals surface area contributed by atoms with Gasteiger partial charge in [0.25, 0.3) is 5.91 Å². The SMILES string of the molecule is C[C@@H](CNC(=O)c1ccc(Cl)c(S(=O)(=O)N(C)C)c1)CN1CCCCC1. The maximum Gasteiger partial charge on any atom is 0.251 e. The summed E-state index contributed by atoms with van der Waals surface area (Å²) in [6.07, 6.45) is 3.79. The summed E-state index contributed by atoms with van der Waals surface area (Å²) in [5, 5.41) is 3.00. The van der Waals surface area contributed by atoms with E-state index in [1.165, 1.54) is 45.5 Å². The van der Waals surface area contributed by atoms with Gasteiger partial charge in [0.15, 0.2) is 0 Å². The average Bonchev–Trinajstić information content (AvgIpc) is 2.60. The molecule has 146 valence electrons. The van der Waals surface area contributed by atoms with E-state index in [1.807, 2.05) is 0 Å². The van der Waals surface area contributed by atoms with Gasteiger partial charge in [-0.1, -0.05) is 24.9 Å². The van der Waals surface area contributed by atoms with Gasteiger partial charge in [0.05, 0.1) is 5.02 Å². The molecule has 1 saturated heterocycles. The van der Waals surface area contributed by atoms with Crippen molar-refractivity contribution in [3.8, 4) is 0 Å². The highest BCUT2D eigenvalue weighted by Crippen LogP contribution is 2.24. The summed E-state index contributed by atoms with van der Waals surface area (Å²) in [6.45, 7) is 5.87. The van der Waals surface area contributed by atoms with Crippen LogP contribution in [0.5, 0.6) is 0 Å². The van der Waals surface area contributed by atoms with Crippen LogP contribution in [0.15, 0.2) is 23.1 Å². The normalized spacial score (nSPS) is 17.3. The van der Waals surface area contributed by atoms with E-state index in [2.05, 4.69) is 17.1 Å². The summed E-state index contributed by atoms with van der Waals surface area (Å²) in [5.41, 5.74) is 0.292. The van der Waals surface area contributed by atoms with Gasteiger partial charge < -0.3 is 10.2 Å². The summed E-state index contributed by atoms with van der Waals surface area (Å²) in [7, 11) is -0.837. The lowest BCUT2D eigenvalue weighted by atomic mass is 10.1. The molecule has 1 heterocycles. The highest BCUT2D eigenvalue weighted by molar-refractivity contribution is 7.89. The van der Waals surface area contributed by atoms with E-state index in [9.17, 15) is 13.2 Å². The van der Waals surface area contributed by atoms with Crippen LogP contribution >= 0.6 is 11.6 Å². The van der Waals surface area contributed by atoms with E-state index < -0.39 is 10.0 Å². The molecular weight excluding hydrogens is 374 g/mol. The number of hydrogen-bond donors (Lipinski definition) is 1. The van der Waals surface area contributed by atoms with Crippen molar-refractivity contribution in [3.63, 3.8) is 0 Å². The molecule has 0 bridgehead atoms. The fourth-order valence-electron chi connectivity index (χ4n) is 3.06. The van der Waals surface area contributed by atoms with Gasteiger partial charge in [-0.2, -0.15) is 0 Å². The van der Waals surface area contributed by atoms with Gasteiger partial charge in [0.1, 0.15) is 4.90 Å². The number of hydrogen-bond acceptors (Lipinski definition) is 4. The smallest absolute Gasteiger partial charge is 0.251 e. The highest BCUT2D eigenvalue weighted by Gasteiger charge is 2.22. The third-order valence-corrected chi connectivity index (χ3v) is 6.88. The lowest BCUT2D eigenvalue weighted by molar-refractivity contribution is 0.0942. The summed E-state index contributed by atoms with van der Waals surface area (Å²) in [6, 6.07) is 4.33. The summed E-state index contributed by atoms with van der Waals surface area (Å²) < 4.78 is 25.7. The van der Waals surface area contributed by atoms with Crippen molar-refractivity contribution >= 4 is 27.5 Å². The molecule has 0 radical (unpaired) electrons. The van der Waals surface area contributed by atoms with Crippen LogP contribution in [0.2, 0.25) is 5.02 Å². The van der Waals surface area contributed by atoms with E-state index in [1.54, 1.807) is 6.07 Å². The largest absolute Gasteiger partial charge is 0.352 e. The van der Waals surface area contributed by atoms with Crippen molar-refractivity contribution in [2.45, 2.75) is 31.1 Å². The van der Waals surface area contributed by atoms with Crippen LogP contribution in [0.3, 0.4) is 0 Å². The Balaban J connectivity index is 1.99. The number of sulfonamides is 1. The molecule has 6 nitrogen and oxygen atoms in total. The first-order chi connectivity index (χ1) is 12.2. The third-order valence-electron chi connectivity index (χ3n) is 4.58. The molecule has 2 rings (SSSR count). The quantitative estimate of drug-likeness (QED) is 0.761. The first-order valence-electron chi connectivity index (χ1n) is 8.94. The van der Waals surface area contributed by atoms with E-state index in [-0.39, 0.29) is 15.8 Å². The van der Waals surface area contributed by atoms with Crippen LogP contribution in [0, 0.1) is 5.92 Å². The summed E-state index contributed by atoms with van der Waals surface area (Å²) >= 11 is 6.02. The summed E-state index contributed by atoms with van der Waals surface area (Å²) in [4.78, 5) is 14.8. The lowest BCUT2D eigenvalue weighted by Gasteiger charge is -2.29. The number of halogens is 1. The number of rotatable bonds is 7. The van der Waals surface area contributed by atoms with E-state index in [0.29, 0.717) is 18.0 Å². The first kappa shape index (κ1) is 21.2. The zero-order valence-electron chi connectivity index (χ0n) is 15.7. The molecule has 0 aliphatic carbocycles. The van der Waals surface area contributed by atoms with Gasteiger partial charge in [-0.15, -0.1) is 0 Å². The minimum atomic E-state index is -3.70. The maximum absolute atomic E-state index is 12.4. The van der Waals surface area contributed by atoms with E-state index in [4.69, 9.17) is 11.6 Å². The Bertz CT molecular complexity index is 731. The fraction of sp³-hybridized carbons (Fsp3) is 0.611. The molecule has 0 unspecified atom stereocenters. The molecule has 1 fully saturated rings. The highest BCUT2D eigenvalue weighted by atomic mass is 35.5. The molecule has 1 aliphatic heterocycles. The van der Waals surface area contributed by atoms with Crippen LogP contribution in [0.1, 0.15) is 36.5 Å². The van der Waals surface area contributed by atoms with Crippen molar-refractivity contribution < 1.29 is 13.2 Å².